The summed E-state index contributed by atoms with van der Waals surface area (Å²) < 4.78 is 0. The molecule has 0 saturated heterocycles. The zero-order chi connectivity index (χ0) is 11.8. The number of halogens is 2. The van der Waals surface area contributed by atoms with Crippen molar-refractivity contribution in [3.05, 3.63) is 76.1 Å². The first-order valence-electron chi connectivity index (χ1n) is 5.51. The third kappa shape index (κ3) is 2.34. The van der Waals surface area contributed by atoms with Crippen LogP contribution in [0.3, 0.4) is 0 Å². The summed E-state index contributed by atoms with van der Waals surface area (Å²) in [6.45, 7) is 0. The summed E-state index contributed by atoms with van der Waals surface area (Å²) in [5, 5.41) is 1.55. The lowest BCUT2D eigenvalue weighted by Gasteiger charge is -2.01. The first kappa shape index (κ1) is 11.1. The quantitative estimate of drug-likeness (QED) is 0.717. The van der Waals surface area contributed by atoms with Crippen LogP contribution in [0.25, 0.3) is 0 Å². The Morgan fingerprint density at radius 1 is 0.647 bits per heavy atom. The van der Waals surface area contributed by atoms with Crippen LogP contribution in [0.5, 0.6) is 0 Å². The zero-order valence-corrected chi connectivity index (χ0v) is 10.5. The molecule has 0 unspecified atom stereocenters. The van der Waals surface area contributed by atoms with Crippen LogP contribution in [-0.4, -0.2) is 0 Å². The number of rotatable bonds is 2. The molecule has 0 bridgehead atoms. The van der Waals surface area contributed by atoms with Crippen LogP contribution in [0, 0.1) is 6.42 Å². The fraction of sp³-hybridized carbons (Fsp3) is 0.133. The highest BCUT2D eigenvalue weighted by molar-refractivity contribution is 6.30. The van der Waals surface area contributed by atoms with Crippen molar-refractivity contribution in [2.45, 2.75) is 11.8 Å². The van der Waals surface area contributed by atoms with Gasteiger partial charge in [0, 0.05) is 16.5 Å². The molecule has 0 nitrogen and oxygen atoms in total. The summed E-state index contributed by atoms with van der Waals surface area (Å²) in [4.78, 5) is 0. The van der Waals surface area contributed by atoms with Gasteiger partial charge in [0.2, 0.25) is 0 Å². The maximum absolute atomic E-state index is 5.87. The standard InChI is InChI=1S/C15H10Cl2/c16-12-5-1-10(2-6-12)14-9-15(14)11-3-7-13(17)8-4-11/h1-8,14-15H/t14-,15-/m0/s1. The summed E-state index contributed by atoms with van der Waals surface area (Å²) in [5.41, 5.74) is 2.55. The Kier molecular flexibility index (Phi) is 2.85. The van der Waals surface area contributed by atoms with E-state index in [1.54, 1.807) is 0 Å². The lowest BCUT2D eigenvalue weighted by molar-refractivity contribution is 1.03. The number of hydrogen-bond acceptors (Lipinski definition) is 0. The van der Waals surface area contributed by atoms with Crippen molar-refractivity contribution in [1.82, 2.24) is 0 Å². The Morgan fingerprint density at radius 3 is 1.35 bits per heavy atom. The average molecular weight is 261 g/mol. The fourth-order valence-electron chi connectivity index (χ4n) is 2.06. The Labute approximate surface area is 111 Å². The predicted octanol–water partition coefficient (Wildman–Crippen LogP) is 4.96. The Bertz CT molecular complexity index is 464. The highest BCUT2D eigenvalue weighted by Crippen LogP contribution is 2.53. The number of hydrogen-bond donors (Lipinski definition) is 0. The van der Waals surface area contributed by atoms with Crippen LogP contribution in [-0.2, 0) is 0 Å². The van der Waals surface area contributed by atoms with Crippen LogP contribution in [0.1, 0.15) is 23.0 Å². The lowest BCUT2D eigenvalue weighted by Crippen LogP contribution is -1.84. The molecule has 84 valence electrons. The lowest BCUT2D eigenvalue weighted by atomic mass is 10.0. The fourth-order valence-corrected chi connectivity index (χ4v) is 2.31. The molecule has 0 N–H and O–H groups in total. The van der Waals surface area contributed by atoms with Gasteiger partial charge in [0.1, 0.15) is 0 Å². The first-order chi connectivity index (χ1) is 8.24. The van der Waals surface area contributed by atoms with Gasteiger partial charge in [-0.05, 0) is 47.2 Å². The Hall–Kier alpha value is -0.980. The molecule has 0 aromatic heterocycles. The molecular formula is C15H10Cl2. The van der Waals surface area contributed by atoms with Crippen molar-refractivity contribution in [3.8, 4) is 0 Å². The molecule has 1 fully saturated rings. The van der Waals surface area contributed by atoms with Crippen molar-refractivity contribution < 1.29 is 0 Å². The Balaban J connectivity index is 1.78. The van der Waals surface area contributed by atoms with Crippen molar-refractivity contribution in [2.24, 2.45) is 0 Å². The third-order valence-electron chi connectivity index (χ3n) is 3.04. The highest BCUT2D eigenvalue weighted by atomic mass is 35.5. The minimum atomic E-state index is 0.397. The van der Waals surface area contributed by atoms with E-state index in [1.807, 2.05) is 24.3 Å². The molecule has 2 aromatic carbocycles. The SMILES string of the molecule is Clc1ccc([C@@H]2[C][C@H]2c2ccc(Cl)cc2)cc1. The van der Waals surface area contributed by atoms with E-state index in [0.717, 1.165) is 10.0 Å². The van der Waals surface area contributed by atoms with Gasteiger partial charge in [0.05, 0.1) is 0 Å². The van der Waals surface area contributed by atoms with Gasteiger partial charge in [-0.25, -0.2) is 0 Å². The van der Waals surface area contributed by atoms with Crippen LogP contribution in [0.2, 0.25) is 10.0 Å². The average Bonchev–Trinajstić information content (AvgIpc) is 3.11. The second-order valence-corrected chi connectivity index (χ2v) is 5.10. The van der Waals surface area contributed by atoms with E-state index < -0.39 is 0 Å². The topological polar surface area (TPSA) is 0 Å². The van der Waals surface area contributed by atoms with Gasteiger partial charge in [0.15, 0.2) is 0 Å². The molecule has 0 amide bonds. The molecule has 2 aromatic rings. The third-order valence-corrected chi connectivity index (χ3v) is 3.55. The Morgan fingerprint density at radius 2 is 1.00 bits per heavy atom. The second-order valence-electron chi connectivity index (χ2n) is 4.23. The minimum absolute atomic E-state index is 0.397. The molecular weight excluding hydrogens is 251 g/mol. The molecule has 2 heteroatoms. The van der Waals surface area contributed by atoms with Gasteiger partial charge in [-0.2, -0.15) is 0 Å². The van der Waals surface area contributed by atoms with E-state index in [1.165, 1.54) is 11.1 Å². The van der Waals surface area contributed by atoms with Crippen molar-refractivity contribution in [2.75, 3.05) is 0 Å². The van der Waals surface area contributed by atoms with Crippen LogP contribution in [0.4, 0.5) is 0 Å². The monoisotopic (exact) mass is 260 g/mol. The molecule has 2 atom stereocenters. The smallest absolute Gasteiger partial charge is 0.0406 e. The molecule has 0 spiro atoms. The molecule has 1 saturated carbocycles. The summed E-state index contributed by atoms with van der Waals surface area (Å²) in [5.74, 6) is 0.793. The second kappa shape index (κ2) is 4.36. The van der Waals surface area contributed by atoms with Gasteiger partial charge >= 0.3 is 0 Å². The molecule has 1 aliphatic carbocycles. The summed E-state index contributed by atoms with van der Waals surface area (Å²) in [7, 11) is 0. The molecule has 2 radical (unpaired) electrons. The van der Waals surface area contributed by atoms with Gasteiger partial charge in [-0.15, -0.1) is 0 Å². The first-order valence-corrected chi connectivity index (χ1v) is 6.26. The predicted molar refractivity (Wildman–Crippen MR) is 71.6 cm³/mol. The normalized spacial score (nSPS) is 22.5. The van der Waals surface area contributed by atoms with E-state index in [0.29, 0.717) is 11.8 Å². The molecule has 17 heavy (non-hydrogen) atoms. The van der Waals surface area contributed by atoms with Crippen LogP contribution < -0.4 is 0 Å². The van der Waals surface area contributed by atoms with Gasteiger partial charge in [-0.1, -0.05) is 47.5 Å². The summed E-state index contributed by atoms with van der Waals surface area (Å²) >= 11 is 11.7. The maximum atomic E-state index is 5.87. The largest absolute Gasteiger partial charge is 0.0843 e. The van der Waals surface area contributed by atoms with Crippen LogP contribution in [0.15, 0.2) is 48.5 Å². The van der Waals surface area contributed by atoms with E-state index >= 15 is 0 Å². The van der Waals surface area contributed by atoms with Crippen LogP contribution >= 0.6 is 23.2 Å². The van der Waals surface area contributed by atoms with Gasteiger partial charge < -0.3 is 0 Å². The summed E-state index contributed by atoms with van der Waals surface area (Å²) in [6, 6.07) is 16.0. The minimum Gasteiger partial charge on any atom is -0.0843 e. The van der Waals surface area contributed by atoms with Gasteiger partial charge in [-0.3, -0.25) is 0 Å². The molecule has 0 heterocycles. The zero-order valence-electron chi connectivity index (χ0n) is 9.03. The van der Waals surface area contributed by atoms with E-state index in [4.69, 9.17) is 23.2 Å². The molecule has 0 aliphatic heterocycles. The highest BCUT2D eigenvalue weighted by Gasteiger charge is 2.40. The maximum Gasteiger partial charge on any atom is 0.0406 e. The number of benzene rings is 2. The van der Waals surface area contributed by atoms with Gasteiger partial charge in [0.25, 0.3) is 0 Å². The van der Waals surface area contributed by atoms with E-state index in [2.05, 4.69) is 30.7 Å². The van der Waals surface area contributed by atoms with E-state index in [-0.39, 0.29) is 0 Å². The van der Waals surface area contributed by atoms with Crippen molar-refractivity contribution >= 4 is 23.2 Å². The van der Waals surface area contributed by atoms with E-state index in [9.17, 15) is 0 Å². The van der Waals surface area contributed by atoms with Crippen molar-refractivity contribution in [3.63, 3.8) is 0 Å². The molecule has 3 rings (SSSR count). The summed E-state index contributed by atoms with van der Waals surface area (Å²) in [6.07, 6.45) is 3.45. The molecule has 1 aliphatic rings. The van der Waals surface area contributed by atoms with Crippen molar-refractivity contribution in [1.29, 1.82) is 0 Å².